The number of nitrogens with one attached hydrogen (secondary N) is 1. The number of aromatic nitrogens is 3. The lowest BCUT2D eigenvalue weighted by Gasteiger charge is -2.38. The van der Waals surface area contributed by atoms with Crippen LogP contribution in [0.3, 0.4) is 0 Å². The van der Waals surface area contributed by atoms with E-state index >= 15 is 0 Å². The zero-order valence-corrected chi connectivity index (χ0v) is 18.6. The van der Waals surface area contributed by atoms with E-state index in [1.54, 1.807) is 0 Å². The number of guanidine groups is 1. The van der Waals surface area contributed by atoms with Gasteiger partial charge in [-0.2, -0.15) is 0 Å². The molecule has 0 amide bonds. The lowest BCUT2D eigenvalue weighted by atomic mass is 10.1. The third-order valence-electron chi connectivity index (χ3n) is 5.65. The van der Waals surface area contributed by atoms with E-state index in [-0.39, 0.29) is 0 Å². The van der Waals surface area contributed by atoms with Crippen LogP contribution in [0.2, 0.25) is 0 Å². The molecule has 1 saturated heterocycles. The van der Waals surface area contributed by atoms with E-state index < -0.39 is 0 Å². The number of unbranched alkanes of at least 4 members (excludes halogenated alkanes) is 1. The first-order chi connectivity index (χ1) is 14.0. The van der Waals surface area contributed by atoms with Crippen LogP contribution in [0.25, 0.3) is 0 Å². The van der Waals surface area contributed by atoms with Crippen molar-refractivity contribution in [2.24, 2.45) is 12.0 Å². The number of nitrogens with zero attached hydrogens (tertiary/aromatic N) is 6. The highest BCUT2D eigenvalue weighted by Crippen LogP contribution is 2.22. The summed E-state index contributed by atoms with van der Waals surface area (Å²) in [5.41, 5.74) is 4.02. The third-order valence-corrected chi connectivity index (χ3v) is 5.65. The lowest BCUT2D eigenvalue weighted by molar-refractivity contribution is 0.371. The Kier molecular flexibility index (Phi) is 7.12. The van der Waals surface area contributed by atoms with Crippen LogP contribution in [0, 0.1) is 20.8 Å². The van der Waals surface area contributed by atoms with E-state index in [9.17, 15) is 0 Å². The van der Waals surface area contributed by atoms with E-state index in [0.717, 1.165) is 56.8 Å². The fourth-order valence-corrected chi connectivity index (χ4v) is 3.60. The average molecular weight is 398 g/mol. The average Bonchev–Trinajstić information content (AvgIpc) is 3.05. The molecule has 29 heavy (non-hydrogen) atoms. The first-order valence-electron chi connectivity index (χ1n) is 10.7. The van der Waals surface area contributed by atoms with Gasteiger partial charge in [-0.3, -0.25) is 0 Å². The number of rotatable bonds is 6. The summed E-state index contributed by atoms with van der Waals surface area (Å²) in [5.74, 6) is 2.80. The maximum absolute atomic E-state index is 4.88. The van der Waals surface area contributed by atoms with Gasteiger partial charge in [0.2, 0.25) is 0 Å². The van der Waals surface area contributed by atoms with Gasteiger partial charge in [0.25, 0.3) is 0 Å². The van der Waals surface area contributed by atoms with Crippen molar-refractivity contribution in [2.75, 3.05) is 37.6 Å². The molecule has 0 radical (unpaired) electrons. The van der Waals surface area contributed by atoms with Gasteiger partial charge in [0, 0.05) is 45.5 Å². The van der Waals surface area contributed by atoms with E-state index in [1.165, 1.54) is 23.2 Å². The Bertz CT molecular complexity index is 832. The Labute approximate surface area is 174 Å². The number of hydrogen-bond donors (Lipinski definition) is 1. The Morgan fingerprint density at radius 1 is 1.10 bits per heavy atom. The fourth-order valence-electron chi connectivity index (χ4n) is 3.60. The van der Waals surface area contributed by atoms with Gasteiger partial charge in [0.1, 0.15) is 12.4 Å². The molecule has 1 aromatic carbocycles. The zero-order chi connectivity index (χ0) is 20.8. The highest BCUT2D eigenvalue weighted by atomic mass is 15.4. The molecule has 0 bridgehead atoms. The summed E-state index contributed by atoms with van der Waals surface area (Å²) in [4.78, 5) is 9.75. The molecule has 2 heterocycles. The maximum atomic E-state index is 4.88. The molecule has 2 aromatic rings. The van der Waals surface area contributed by atoms with Crippen LogP contribution in [0.1, 0.15) is 42.5 Å². The van der Waals surface area contributed by atoms with Crippen molar-refractivity contribution < 1.29 is 0 Å². The minimum atomic E-state index is 0.545. The van der Waals surface area contributed by atoms with Gasteiger partial charge in [-0.05, 0) is 44.4 Å². The Morgan fingerprint density at radius 2 is 1.86 bits per heavy atom. The Hall–Kier alpha value is -2.57. The van der Waals surface area contributed by atoms with Crippen LogP contribution >= 0.6 is 0 Å². The predicted molar refractivity (Wildman–Crippen MR) is 119 cm³/mol. The quantitative estimate of drug-likeness (QED) is 0.461. The van der Waals surface area contributed by atoms with Gasteiger partial charge >= 0.3 is 0 Å². The summed E-state index contributed by atoms with van der Waals surface area (Å²) in [7, 11) is 1.99. The third kappa shape index (κ3) is 5.28. The Morgan fingerprint density at radius 3 is 2.52 bits per heavy atom. The topological polar surface area (TPSA) is 61.6 Å². The standard InChI is InChI=1S/C22H35N7/c1-6-7-10-23-22(24-16-21-26-25-19(4)27(21)5)29-13-11-28(12-14-29)20-15-17(2)8-9-18(20)3/h8-9,15H,6-7,10-14,16H2,1-5H3,(H,23,24). The molecule has 0 atom stereocenters. The lowest BCUT2D eigenvalue weighted by Crippen LogP contribution is -2.53. The molecule has 1 aromatic heterocycles. The van der Waals surface area contributed by atoms with Crippen LogP contribution < -0.4 is 10.2 Å². The molecule has 3 rings (SSSR count). The molecule has 1 N–H and O–H groups in total. The van der Waals surface area contributed by atoms with Crippen LogP contribution in [0.15, 0.2) is 23.2 Å². The molecule has 1 fully saturated rings. The van der Waals surface area contributed by atoms with Crippen LogP contribution in [-0.2, 0) is 13.6 Å². The number of anilines is 1. The second-order valence-corrected chi connectivity index (χ2v) is 7.91. The number of aryl methyl sites for hydroxylation is 3. The molecule has 0 spiro atoms. The minimum Gasteiger partial charge on any atom is -0.368 e. The highest BCUT2D eigenvalue weighted by molar-refractivity contribution is 5.80. The normalized spacial score (nSPS) is 15.1. The van der Waals surface area contributed by atoms with E-state index in [2.05, 4.69) is 64.3 Å². The van der Waals surface area contributed by atoms with Gasteiger partial charge in [-0.15, -0.1) is 10.2 Å². The molecule has 158 valence electrons. The second kappa shape index (κ2) is 9.76. The van der Waals surface area contributed by atoms with Crippen molar-refractivity contribution >= 4 is 11.6 Å². The van der Waals surface area contributed by atoms with Gasteiger partial charge in [0.05, 0.1) is 0 Å². The summed E-state index contributed by atoms with van der Waals surface area (Å²) < 4.78 is 2.01. The molecule has 1 aliphatic heterocycles. The first kappa shape index (κ1) is 21.1. The number of hydrogen-bond acceptors (Lipinski definition) is 4. The van der Waals surface area contributed by atoms with Gasteiger partial charge in [0.15, 0.2) is 11.8 Å². The summed E-state index contributed by atoms with van der Waals surface area (Å²) in [5, 5.41) is 12.0. The Balaban J connectivity index is 1.67. The molecule has 0 aliphatic carbocycles. The number of aliphatic imine (C=N–C) groups is 1. The predicted octanol–water partition coefficient (Wildman–Crippen LogP) is 2.81. The molecule has 0 saturated carbocycles. The van der Waals surface area contributed by atoms with E-state index in [1.807, 2.05) is 18.5 Å². The summed E-state index contributed by atoms with van der Waals surface area (Å²) in [6.07, 6.45) is 2.31. The highest BCUT2D eigenvalue weighted by Gasteiger charge is 2.21. The van der Waals surface area contributed by atoms with Crippen LogP contribution in [-0.4, -0.2) is 58.3 Å². The monoisotopic (exact) mass is 397 g/mol. The molecular weight excluding hydrogens is 362 g/mol. The van der Waals surface area contributed by atoms with Crippen molar-refractivity contribution in [3.05, 3.63) is 41.0 Å². The summed E-state index contributed by atoms with van der Waals surface area (Å²) in [6, 6.07) is 6.71. The molecular formula is C22H35N7. The van der Waals surface area contributed by atoms with Gasteiger partial charge < -0.3 is 19.7 Å². The molecule has 7 heteroatoms. The van der Waals surface area contributed by atoms with Crippen LogP contribution in [0.5, 0.6) is 0 Å². The van der Waals surface area contributed by atoms with E-state index in [4.69, 9.17) is 4.99 Å². The van der Waals surface area contributed by atoms with Crippen LogP contribution in [0.4, 0.5) is 5.69 Å². The molecule has 7 nitrogen and oxygen atoms in total. The summed E-state index contributed by atoms with van der Waals surface area (Å²) >= 11 is 0. The minimum absolute atomic E-state index is 0.545. The number of benzene rings is 1. The van der Waals surface area contributed by atoms with Crippen molar-refractivity contribution in [1.82, 2.24) is 25.0 Å². The fraction of sp³-hybridized carbons (Fsp3) is 0.591. The van der Waals surface area contributed by atoms with Crippen molar-refractivity contribution in [2.45, 2.75) is 47.1 Å². The summed E-state index contributed by atoms with van der Waals surface area (Å²) in [6.45, 7) is 14.0. The van der Waals surface area contributed by atoms with Gasteiger partial charge in [-0.25, -0.2) is 4.99 Å². The SMILES string of the molecule is CCCCNC(=NCc1nnc(C)n1C)N1CCN(c2cc(C)ccc2C)CC1. The maximum Gasteiger partial charge on any atom is 0.194 e. The van der Waals surface area contributed by atoms with Crippen molar-refractivity contribution in [3.63, 3.8) is 0 Å². The van der Waals surface area contributed by atoms with Crippen molar-refractivity contribution in [1.29, 1.82) is 0 Å². The smallest absolute Gasteiger partial charge is 0.194 e. The second-order valence-electron chi connectivity index (χ2n) is 7.91. The zero-order valence-electron chi connectivity index (χ0n) is 18.6. The largest absolute Gasteiger partial charge is 0.368 e. The first-order valence-corrected chi connectivity index (χ1v) is 10.7. The van der Waals surface area contributed by atoms with Crippen molar-refractivity contribution in [3.8, 4) is 0 Å². The molecule has 0 unspecified atom stereocenters. The van der Waals surface area contributed by atoms with Gasteiger partial charge in [-0.1, -0.05) is 25.5 Å². The number of piperazine rings is 1. The van der Waals surface area contributed by atoms with E-state index in [0.29, 0.717) is 6.54 Å². The molecule has 1 aliphatic rings.